The molecule has 0 spiro atoms. The third-order valence-corrected chi connectivity index (χ3v) is 7.93. The van der Waals surface area contributed by atoms with Gasteiger partial charge in [-0.3, -0.25) is 4.79 Å². The van der Waals surface area contributed by atoms with E-state index in [2.05, 4.69) is 0 Å². The molecule has 0 bridgehead atoms. The van der Waals surface area contributed by atoms with Crippen molar-refractivity contribution in [2.24, 2.45) is 17.6 Å². The summed E-state index contributed by atoms with van der Waals surface area (Å²) in [5.74, 6) is 0.631. The Morgan fingerprint density at radius 3 is 2.62 bits per heavy atom. The van der Waals surface area contributed by atoms with Crippen molar-refractivity contribution < 1.29 is 13.2 Å². The standard InChI is InChI=1S/C15H26N2O3S/c16-10-11-4-3-5-12(11)15(18)17-8-9-21(19,20)14-7-2-1-6-13(14)17/h11-14H,1-10,16H2/t11-,12-,13?,14?/m1/s1. The van der Waals surface area contributed by atoms with Crippen LogP contribution < -0.4 is 5.73 Å². The van der Waals surface area contributed by atoms with Crippen molar-refractivity contribution in [3.05, 3.63) is 0 Å². The molecule has 3 fully saturated rings. The normalized spacial score (nSPS) is 39.0. The van der Waals surface area contributed by atoms with Gasteiger partial charge in [-0.1, -0.05) is 19.3 Å². The van der Waals surface area contributed by atoms with E-state index in [1.54, 1.807) is 0 Å². The van der Waals surface area contributed by atoms with Gasteiger partial charge < -0.3 is 10.6 Å². The van der Waals surface area contributed by atoms with Crippen LogP contribution in [-0.4, -0.2) is 49.4 Å². The van der Waals surface area contributed by atoms with Crippen LogP contribution in [-0.2, 0) is 14.6 Å². The van der Waals surface area contributed by atoms with Gasteiger partial charge in [0.2, 0.25) is 5.91 Å². The average molecular weight is 314 g/mol. The maximum absolute atomic E-state index is 12.9. The molecule has 2 saturated carbocycles. The van der Waals surface area contributed by atoms with Gasteiger partial charge in [0.15, 0.2) is 9.84 Å². The summed E-state index contributed by atoms with van der Waals surface area (Å²) in [4.78, 5) is 14.8. The van der Waals surface area contributed by atoms with Gasteiger partial charge in [-0.05, 0) is 38.1 Å². The third kappa shape index (κ3) is 2.72. The molecule has 0 radical (unpaired) electrons. The van der Waals surface area contributed by atoms with Gasteiger partial charge in [0.1, 0.15) is 0 Å². The van der Waals surface area contributed by atoms with Gasteiger partial charge in [0.25, 0.3) is 0 Å². The quantitative estimate of drug-likeness (QED) is 0.822. The summed E-state index contributed by atoms with van der Waals surface area (Å²) >= 11 is 0. The minimum Gasteiger partial charge on any atom is -0.337 e. The maximum Gasteiger partial charge on any atom is 0.226 e. The van der Waals surface area contributed by atoms with Crippen LogP contribution in [0.1, 0.15) is 44.9 Å². The van der Waals surface area contributed by atoms with Crippen molar-refractivity contribution in [1.29, 1.82) is 0 Å². The van der Waals surface area contributed by atoms with Crippen molar-refractivity contribution in [2.75, 3.05) is 18.8 Å². The molecular formula is C15H26N2O3S. The molecule has 3 rings (SSSR count). The van der Waals surface area contributed by atoms with Crippen molar-refractivity contribution >= 4 is 15.7 Å². The fourth-order valence-corrected chi connectivity index (χ4v) is 6.57. The largest absolute Gasteiger partial charge is 0.337 e. The SMILES string of the molecule is NC[C@H]1CCC[C@H]1C(=O)N1CCS(=O)(=O)C2CCCCC21. The summed E-state index contributed by atoms with van der Waals surface area (Å²) in [6.07, 6.45) is 6.59. The summed E-state index contributed by atoms with van der Waals surface area (Å²) in [5.41, 5.74) is 5.80. The van der Waals surface area contributed by atoms with Gasteiger partial charge in [-0.15, -0.1) is 0 Å². The second-order valence-electron chi connectivity index (χ2n) is 6.82. The molecule has 3 aliphatic rings. The van der Waals surface area contributed by atoms with Crippen LogP contribution in [0.2, 0.25) is 0 Å². The molecule has 1 saturated heterocycles. The molecule has 2 N–H and O–H groups in total. The highest BCUT2D eigenvalue weighted by atomic mass is 32.2. The minimum absolute atomic E-state index is 0.0263. The number of nitrogens with zero attached hydrogens (tertiary/aromatic N) is 1. The zero-order valence-corrected chi connectivity index (χ0v) is 13.4. The van der Waals surface area contributed by atoms with E-state index in [1.165, 1.54) is 0 Å². The predicted molar refractivity (Wildman–Crippen MR) is 81.4 cm³/mol. The highest BCUT2D eigenvalue weighted by Crippen LogP contribution is 2.37. The Kier molecular flexibility index (Phi) is 4.28. The smallest absolute Gasteiger partial charge is 0.226 e. The molecule has 1 heterocycles. The molecule has 0 aromatic carbocycles. The highest BCUT2D eigenvalue weighted by molar-refractivity contribution is 7.92. The number of nitrogens with two attached hydrogens (primary N) is 1. The van der Waals surface area contributed by atoms with Crippen molar-refractivity contribution in [3.63, 3.8) is 0 Å². The summed E-state index contributed by atoms with van der Waals surface area (Å²) in [6.45, 7) is 0.951. The van der Waals surface area contributed by atoms with Crippen LogP contribution in [0.3, 0.4) is 0 Å². The van der Waals surface area contributed by atoms with E-state index in [9.17, 15) is 13.2 Å². The Balaban J connectivity index is 1.80. The number of carbonyl (C=O) groups is 1. The summed E-state index contributed by atoms with van der Waals surface area (Å²) in [6, 6.07) is -0.0796. The van der Waals surface area contributed by atoms with Gasteiger partial charge >= 0.3 is 0 Å². The lowest BCUT2D eigenvalue weighted by molar-refractivity contribution is -0.139. The fourth-order valence-electron chi connectivity index (χ4n) is 4.53. The lowest BCUT2D eigenvalue weighted by Gasteiger charge is -2.44. The zero-order valence-electron chi connectivity index (χ0n) is 12.5. The van der Waals surface area contributed by atoms with Crippen LogP contribution in [0.4, 0.5) is 0 Å². The number of rotatable bonds is 2. The van der Waals surface area contributed by atoms with E-state index < -0.39 is 9.84 Å². The number of hydrogen-bond donors (Lipinski definition) is 1. The Hall–Kier alpha value is -0.620. The van der Waals surface area contributed by atoms with E-state index in [1.807, 2.05) is 4.90 Å². The number of hydrogen-bond acceptors (Lipinski definition) is 4. The van der Waals surface area contributed by atoms with Gasteiger partial charge in [-0.25, -0.2) is 8.42 Å². The molecule has 0 aromatic rings. The van der Waals surface area contributed by atoms with Crippen LogP contribution in [0.5, 0.6) is 0 Å². The molecule has 2 aliphatic carbocycles. The van der Waals surface area contributed by atoms with Gasteiger partial charge in [-0.2, -0.15) is 0 Å². The molecule has 1 aliphatic heterocycles. The Bertz CT molecular complexity index is 505. The first-order chi connectivity index (χ1) is 10.0. The monoisotopic (exact) mass is 314 g/mol. The summed E-state index contributed by atoms with van der Waals surface area (Å²) in [7, 11) is -3.01. The van der Waals surface area contributed by atoms with Gasteiger partial charge in [0, 0.05) is 18.5 Å². The first kappa shape index (κ1) is 15.3. The Morgan fingerprint density at radius 2 is 1.86 bits per heavy atom. The first-order valence-corrected chi connectivity index (χ1v) is 9.98. The Labute approximate surface area is 127 Å². The van der Waals surface area contributed by atoms with Crippen LogP contribution in [0.25, 0.3) is 0 Å². The lowest BCUT2D eigenvalue weighted by atomic mass is 9.90. The van der Waals surface area contributed by atoms with Crippen molar-refractivity contribution in [3.8, 4) is 0 Å². The second kappa shape index (κ2) is 5.88. The predicted octanol–water partition coefficient (Wildman–Crippen LogP) is 0.930. The van der Waals surface area contributed by atoms with Crippen LogP contribution in [0.15, 0.2) is 0 Å². The van der Waals surface area contributed by atoms with E-state index in [0.717, 1.165) is 44.9 Å². The average Bonchev–Trinajstić information content (AvgIpc) is 2.95. The molecule has 120 valence electrons. The molecule has 5 nitrogen and oxygen atoms in total. The number of sulfone groups is 1. The van der Waals surface area contributed by atoms with E-state index in [-0.39, 0.29) is 34.8 Å². The molecule has 4 atom stereocenters. The summed E-state index contributed by atoms with van der Waals surface area (Å²) in [5, 5.41) is -0.318. The van der Waals surface area contributed by atoms with E-state index in [0.29, 0.717) is 13.1 Å². The number of fused-ring (bicyclic) bond motifs is 1. The van der Waals surface area contributed by atoms with Crippen LogP contribution >= 0.6 is 0 Å². The van der Waals surface area contributed by atoms with Gasteiger partial charge in [0.05, 0.1) is 11.0 Å². The molecule has 21 heavy (non-hydrogen) atoms. The molecule has 0 aromatic heterocycles. The maximum atomic E-state index is 12.9. The minimum atomic E-state index is -3.01. The number of amides is 1. The van der Waals surface area contributed by atoms with Crippen molar-refractivity contribution in [1.82, 2.24) is 4.90 Å². The van der Waals surface area contributed by atoms with Crippen molar-refractivity contribution in [2.45, 2.75) is 56.2 Å². The second-order valence-corrected chi connectivity index (χ2v) is 9.16. The topological polar surface area (TPSA) is 80.5 Å². The highest BCUT2D eigenvalue weighted by Gasteiger charge is 2.46. The lowest BCUT2D eigenvalue weighted by Crippen LogP contribution is -2.59. The molecular weight excluding hydrogens is 288 g/mol. The fraction of sp³-hybridized carbons (Fsp3) is 0.933. The molecule has 2 unspecified atom stereocenters. The molecule has 6 heteroatoms. The molecule has 1 amide bonds. The number of carbonyl (C=O) groups excluding carboxylic acids is 1. The van der Waals surface area contributed by atoms with Crippen LogP contribution in [0, 0.1) is 11.8 Å². The Morgan fingerprint density at radius 1 is 1.10 bits per heavy atom. The van der Waals surface area contributed by atoms with E-state index >= 15 is 0 Å². The zero-order chi connectivity index (χ0) is 15.0. The first-order valence-electron chi connectivity index (χ1n) is 8.26. The van der Waals surface area contributed by atoms with E-state index in [4.69, 9.17) is 5.73 Å². The third-order valence-electron chi connectivity index (χ3n) is 5.71. The summed E-state index contributed by atoms with van der Waals surface area (Å²) < 4.78 is 24.5.